The number of benzene rings is 4. The molecule has 0 aliphatic carbocycles. The second-order valence-corrected chi connectivity index (χ2v) is 6.59. The molecule has 0 bridgehead atoms. The molecule has 4 rings (SSSR count). The topological polar surface area (TPSA) is 95.9 Å². The lowest BCUT2D eigenvalue weighted by atomic mass is 10.2. The summed E-state index contributed by atoms with van der Waals surface area (Å²) in [7, 11) is 0. The van der Waals surface area contributed by atoms with Gasteiger partial charge in [0.1, 0.15) is 29.4 Å². The number of aliphatic imine (C=N–C) groups is 1. The molecule has 5 nitrogen and oxygen atoms in total. The molecular formula is C26H22F2N2O3. The van der Waals surface area contributed by atoms with Crippen molar-refractivity contribution in [1.29, 1.82) is 0 Å². The predicted octanol–water partition coefficient (Wildman–Crippen LogP) is 5.89. The lowest BCUT2D eigenvalue weighted by molar-refractivity contribution is 0.112. The molecule has 4 aromatic carbocycles. The van der Waals surface area contributed by atoms with Crippen molar-refractivity contribution < 1.29 is 23.8 Å². The number of hydrogen-bond acceptors (Lipinski definition) is 5. The van der Waals surface area contributed by atoms with Gasteiger partial charge >= 0.3 is 0 Å². The molecule has 0 atom stereocenters. The largest absolute Gasteiger partial charge is 0.508 e. The van der Waals surface area contributed by atoms with Crippen LogP contribution in [-0.4, -0.2) is 22.7 Å². The summed E-state index contributed by atoms with van der Waals surface area (Å²) in [5.74, 6) is -0.123. The van der Waals surface area contributed by atoms with Crippen molar-refractivity contribution in [3.63, 3.8) is 0 Å². The highest BCUT2D eigenvalue weighted by Gasteiger charge is 1.91. The summed E-state index contributed by atoms with van der Waals surface area (Å²) < 4.78 is 24.6. The Balaban J connectivity index is 0.000000192. The molecule has 0 spiro atoms. The number of nitrogens with two attached hydrogens (primary N) is 1. The van der Waals surface area contributed by atoms with E-state index in [0.29, 0.717) is 16.9 Å². The third kappa shape index (κ3) is 9.89. The Labute approximate surface area is 190 Å². The van der Waals surface area contributed by atoms with E-state index in [1.807, 2.05) is 0 Å². The molecule has 0 fully saturated rings. The molecule has 33 heavy (non-hydrogen) atoms. The molecule has 7 heteroatoms. The first-order valence-electron chi connectivity index (χ1n) is 9.69. The van der Waals surface area contributed by atoms with Crippen molar-refractivity contribution in [1.82, 2.24) is 0 Å². The van der Waals surface area contributed by atoms with Gasteiger partial charge in [0.15, 0.2) is 0 Å². The van der Waals surface area contributed by atoms with Crippen LogP contribution in [0.15, 0.2) is 102 Å². The zero-order valence-electron chi connectivity index (χ0n) is 17.5. The number of aromatic hydroxyl groups is 2. The first kappa shape index (κ1) is 24.7. The van der Waals surface area contributed by atoms with E-state index in [-0.39, 0.29) is 23.1 Å². The molecule has 4 N–H and O–H groups in total. The van der Waals surface area contributed by atoms with Crippen molar-refractivity contribution in [2.45, 2.75) is 0 Å². The maximum Gasteiger partial charge on any atom is 0.150 e. The third-order valence-corrected chi connectivity index (χ3v) is 3.98. The molecule has 0 aliphatic heterocycles. The van der Waals surface area contributed by atoms with Crippen LogP contribution in [0.5, 0.6) is 11.5 Å². The number of hydrogen-bond donors (Lipinski definition) is 3. The zero-order chi connectivity index (χ0) is 24.1. The summed E-state index contributed by atoms with van der Waals surface area (Å²) >= 11 is 0. The fourth-order valence-electron chi connectivity index (χ4n) is 2.25. The minimum absolute atomic E-state index is 0.181. The minimum Gasteiger partial charge on any atom is -0.508 e. The van der Waals surface area contributed by atoms with E-state index >= 15 is 0 Å². The standard InChI is InChI=1S/C13H10FNO.C7H6O2.C6H6FN/c14-11-3-5-12(6-4-11)15-9-10-1-7-13(16)8-2-10;8-5-6-1-3-7(9)4-2-6;7-5-1-3-6(8)4-2-5/h1-9,16H;1-5,9H;1-4H,8H2. The number of rotatable bonds is 3. The molecule has 0 unspecified atom stereocenters. The highest BCUT2D eigenvalue weighted by atomic mass is 19.1. The summed E-state index contributed by atoms with van der Waals surface area (Å²) in [5.41, 5.74) is 7.99. The fraction of sp³-hybridized carbons (Fsp3) is 0. The highest BCUT2D eigenvalue weighted by Crippen LogP contribution is 2.13. The quantitative estimate of drug-likeness (QED) is 0.207. The Kier molecular flexibility index (Phi) is 9.76. The minimum atomic E-state index is -0.274. The van der Waals surface area contributed by atoms with Crippen LogP contribution in [0.3, 0.4) is 0 Å². The summed E-state index contributed by atoms with van der Waals surface area (Å²) in [6.07, 6.45) is 2.39. The van der Waals surface area contributed by atoms with Crippen LogP contribution in [0, 0.1) is 11.6 Å². The van der Waals surface area contributed by atoms with Gasteiger partial charge in [0, 0.05) is 17.5 Å². The van der Waals surface area contributed by atoms with Gasteiger partial charge in [0.2, 0.25) is 0 Å². The highest BCUT2D eigenvalue weighted by molar-refractivity contribution is 5.82. The van der Waals surface area contributed by atoms with Crippen molar-refractivity contribution in [3.05, 3.63) is 120 Å². The SMILES string of the molecule is Nc1ccc(F)cc1.O=Cc1ccc(O)cc1.Oc1ccc(C=Nc2ccc(F)cc2)cc1. The van der Waals surface area contributed by atoms with Crippen LogP contribution in [0.2, 0.25) is 0 Å². The van der Waals surface area contributed by atoms with Gasteiger partial charge in [-0.2, -0.15) is 0 Å². The molecular weight excluding hydrogens is 426 g/mol. The van der Waals surface area contributed by atoms with E-state index < -0.39 is 0 Å². The fourth-order valence-corrected chi connectivity index (χ4v) is 2.25. The molecule has 0 aliphatic rings. The second kappa shape index (κ2) is 13.0. The van der Waals surface area contributed by atoms with Gasteiger partial charge in [-0.05, 0) is 103 Å². The Morgan fingerprint density at radius 2 is 1.06 bits per heavy atom. The lowest BCUT2D eigenvalue weighted by Gasteiger charge is -1.95. The van der Waals surface area contributed by atoms with Crippen LogP contribution in [0.25, 0.3) is 0 Å². The number of aldehydes is 1. The third-order valence-electron chi connectivity index (χ3n) is 3.98. The number of halogens is 2. The van der Waals surface area contributed by atoms with Gasteiger partial charge in [-0.15, -0.1) is 0 Å². The lowest BCUT2D eigenvalue weighted by Crippen LogP contribution is -1.82. The average Bonchev–Trinajstić information content (AvgIpc) is 2.83. The number of carbonyl (C=O) groups is 1. The number of nitrogens with zero attached hydrogens (tertiary/aromatic N) is 1. The molecule has 0 saturated carbocycles. The van der Waals surface area contributed by atoms with E-state index in [2.05, 4.69) is 4.99 Å². The summed E-state index contributed by atoms with van der Waals surface area (Å²) in [5, 5.41) is 17.8. The summed E-state index contributed by atoms with van der Waals surface area (Å²) in [6, 6.07) is 24.4. The van der Waals surface area contributed by atoms with E-state index in [4.69, 9.17) is 15.9 Å². The number of nitrogen functional groups attached to an aromatic ring is 1. The van der Waals surface area contributed by atoms with Gasteiger partial charge in [-0.1, -0.05) is 0 Å². The Morgan fingerprint density at radius 1 is 0.636 bits per heavy atom. The van der Waals surface area contributed by atoms with Gasteiger partial charge in [0.25, 0.3) is 0 Å². The van der Waals surface area contributed by atoms with Crippen molar-refractivity contribution >= 4 is 23.9 Å². The molecule has 0 radical (unpaired) electrons. The molecule has 0 amide bonds. The molecule has 0 heterocycles. The van der Waals surface area contributed by atoms with E-state index in [1.165, 1.54) is 48.5 Å². The van der Waals surface area contributed by atoms with Crippen molar-refractivity contribution in [3.8, 4) is 11.5 Å². The Bertz CT molecular complexity index is 1080. The van der Waals surface area contributed by atoms with Crippen LogP contribution in [0.4, 0.5) is 20.2 Å². The summed E-state index contributed by atoms with van der Waals surface area (Å²) in [6.45, 7) is 0. The Morgan fingerprint density at radius 3 is 1.48 bits per heavy atom. The number of phenols is 2. The van der Waals surface area contributed by atoms with Gasteiger partial charge in [-0.3, -0.25) is 9.79 Å². The number of phenolic OH excluding ortho intramolecular Hbond substituents is 2. The smallest absolute Gasteiger partial charge is 0.150 e. The predicted molar refractivity (Wildman–Crippen MR) is 126 cm³/mol. The first-order valence-corrected chi connectivity index (χ1v) is 9.69. The van der Waals surface area contributed by atoms with E-state index in [1.54, 1.807) is 54.7 Å². The van der Waals surface area contributed by atoms with Gasteiger partial charge in [0.05, 0.1) is 5.69 Å². The number of anilines is 1. The van der Waals surface area contributed by atoms with Crippen molar-refractivity contribution in [2.24, 2.45) is 4.99 Å². The van der Waals surface area contributed by atoms with Crippen molar-refractivity contribution in [2.75, 3.05) is 5.73 Å². The zero-order valence-corrected chi connectivity index (χ0v) is 17.5. The van der Waals surface area contributed by atoms with E-state index in [0.717, 1.165) is 11.8 Å². The summed E-state index contributed by atoms with van der Waals surface area (Å²) in [4.78, 5) is 14.2. The normalized spacial score (nSPS) is 9.88. The van der Waals surface area contributed by atoms with Gasteiger partial charge in [-0.25, -0.2) is 8.78 Å². The monoisotopic (exact) mass is 448 g/mol. The average molecular weight is 448 g/mol. The molecule has 4 aromatic rings. The maximum atomic E-state index is 12.6. The maximum absolute atomic E-state index is 12.6. The second-order valence-electron chi connectivity index (χ2n) is 6.59. The van der Waals surface area contributed by atoms with Crippen LogP contribution >= 0.6 is 0 Å². The van der Waals surface area contributed by atoms with Crippen LogP contribution in [0.1, 0.15) is 15.9 Å². The Hall–Kier alpha value is -4.52. The molecule has 168 valence electrons. The molecule has 0 saturated heterocycles. The van der Waals surface area contributed by atoms with E-state index in [9.17, 15) is 13.6 Å². The molecule has 0 aromatic heterocycles. The first-order chi connectivity index (χ1) is 15.9. The van der Waals surface area contributed by atoms with Gasteiger partial charge < -0.3 is 15.9 Å². The van der Waals surface area contributed by atoms with Crippen LogP contribution in [-0.2, 0) is 0 Å². The number of carbonyl (C=O) groups excluding carboxylic acids is 1. The van der Waals surface area contributed by atoms with Crippen LogP contribution < -0.4 is 5.73 Å².